The number of nitrogens with zero attached hydrogens (tertiary/aromatic N) is 3. The van der Waals surface area contributed by atoms with E-state index in [0.717, 1.165) is 11.1 Å². The van der Waals surface area contributed by atoms with Gasteiger partial charge in [0, 0.05) is 24.0 Å². The minimum Gasteiger partial charge on any atom is -0.399 e. The lowest BCUT2D eigenvalue weighted by atomic mass is 10.1. The van der Waals surface area contributed by atoms with E-state index >= 15 is 0 Å². The molecule has 0 aliphatic heterocycles. The van der Waals surface area contributed by atoms with Gasteiger partial charge in [0.05, 0.1) is 18.7 Å². The summed E-state index contributed by atoms with van der Waals surface area (Å²) in [6.45, 7) is 0.492. The van der Waals surface area contributed by atoms with Gasteiger partial charge in [0.25, 0.3) is 0 Å². The molecule has 3 N–H and O–H groups in total. The van der Waals surface area contributed by atoms with Gasteiger partial charge in [-0.05, 0) is 17.7 Å². The first kappa shape index (κ1) is 13.6. The summed E-state index contributed by atoms with van der Waals surface area (Å²) in [7, 11) is 0. The normalized spacial score (nSPS) is 9.95. The monoisotopic (exact) mass is 269 g/mol. The Bertz CT molecular complexity index is 641. The van der Waals surface area contributed by atoms with Gasteiger partial charge < -0.3 is 11.1 Å². The highest BCUT2D eigenvalue weighted by atomic mass is 16.2. The Morgan fingerprint density at radius 3 is 3.05 bits per heavy atom. The summed E-state index contributed by atoms with van der Waals surface area (Å²) in [5.74, 6) is -0.164. The van der Waals surface area contributed by atoms with Crippen molar-refractivity contribution in [3.05, 3.63) is 36.7 Å². The summed E-state index contributed by atoms with van der Waals surface area (Å²) >= 11 is 0. The maximum atomic E-state index is 11.6. The highest BCUT2D eigenvalue weighted by Crippen LogP contribution is 2.20. The van der Waals surface area contributed by atoms with Gasteiger partial charge in [0.2, 0.25) is 5.91 Å². The molecule has 0 radical (unpaired) electrons. The van der Waals surface area contributed by atoms with Gasteiger partial charge in [-0.15, -0.1) is 0 Å². The minimum atomic E-state index is -0.164. The van der Waals surface area contributed by atoms with Gasteiger partial charge in [-0.25, -0.2) is 0 Å². The Kier molecular flexibility index (Phi) is 4.35. The van der Waals surface area contributed by atoms with Crippen molar-refractivity contribution in [2.45, 2.75) is 13.0 Å². The van der Waals surface area contributed by atoms with E-state index < -0.39 is 0 Å². The van der Waals surface area contributed by atoms with Gasteiger partial charge in [-0.2, -0.15) is 10.4 Å². The molecule has 0 bridgehead atoms. The van der Waals surface area contributed by atoms with Crippen LogP contribution in [0.3, 0.4) is 0 Å². The fourth-order valence-electron chi connectivity index (χ4n) is 1.78. The van der Waals surface area contributed by atoms with Gasteiger partial charge in [0.1, 0.15) is 6.54 Å². The Morgan fingerprint density at radius 2 is 2.30 bits per heavy atom. The number of nitrogen functional groups attached to an aromatic ring is 1. The van der Waals surface area contributed by atoms with E-state index in [0.29, 0.717) is 18.7 Å². The number of anilines is 1. The van der Waals surface area contributed by atoms with Crippen LogP contribution in [0.2, 0.25) is 0 Å². The van der Waals surface area contributed by atoms with E-state index in [9.17, 15) is 4.79 Å². The molecule has 0 saturated heterocycles. The lowest BCUT2D eigenvalue weighted by Gasteiger charge is -2.02. The van der Waals surface area contributed by atoms with Crippen molar-refractivity contribution < 1.29 is 4.79 Å². The first-order valence-electron chi connectivity index (χ1n) is 6.21. The van der Waals surface area contributed by atoms with E-state index in [1.54, 1.807) is 17.1 Å². The van der Waals surface area contributed by atoms with Gasteiger partial charge >= 0.3 is 0 Å². The van der Waals surface area contributed by atoms with Crippen molar-refractivity contribution in [2.24, 2.45) is 0 Å². The molecule has 0 unspecified atom stereocenters. The summed E-state index contributed by atoms with van der Waals surface area (Å²) in [5.41, 5.74) is 8.28. The molecule has 0 aliphatic carbocycles. The Hall–Kier alpha value is -2.81. The molecule has 102 valence electrons. The summed E-state index contributed by atoms with van der Waals surface area (Å²) in [5, 5.41) is 15.2. The number of benzene rings is 1. The largest absolute Gasteiger partial charge is 0.399 e. The average Bonchev–Trinajstić information content (AvgIpc) is 2.87. The van der Waals surface area contributed by atoms with Crippen LogP contribution in [0.5, 0.6) is 0 Å². The van der Waals surface area contributed by atoms with E-state index in [2.05, 4.69) is 10.4 Å². The lowest BCUT2D eigenvalue weighted by Crippen LogP contribution is -2.28. The van der Waals surface area contributed by atoms with Crippen LogP contribution < -0.4 is 11.1 Å². The Morgan fingerprint density at radius 1 is 1.45 bits per heavy atom. The molecule has 2 aromatic rings. The topological polar surface area (TPSA) is 96.7 Å². The molecule has 6 nitrogen and oxygen atoms in total. The van der Waals surface area contributed by atoms with Crippen LogP contribution in [0.15, 0.2) is 36.7 Å². The first-order chi connectivity index (χ1) is 9.69. The average molecular weight is 269 g/mol. The van der Waals surface area contributed by atoms with Crippen LogP contribution in [0, 0.1) is 11.3 Å². The van der Waals surface area contributed by atoms with Crippen LogP contribution in [0.25, 0.3) is 11.1 Å². The van der Waals surface area contributed by atoms with Crippen LogP contribution in [-0.4, -0.2) is 22.2 Å². The Balaban J connectivity index is 1.99. The maximum Gasteiger partial charge on any atom is 0.241 e. The SMILES string of the molecule is N#CCCNC(=O)Cn1cc(-c2cccc(N)c2)cn1. The smallest absolute Gasteiger partial charge is 0.241 e. The van der Waals surface area contributed by atoms with Crippen molar-refractivity contribution >= 4 is 11.6 Å². The quantitative estimate of drug-likeness (QED) is 0.628. The third kappa shape index (κ3) is 3.59. The molecule has 0 spiro atoms. The zero-order chi connectivity index (χ0) is 14.4. The molecule has 0 atom stereocenters. The number of hydrogen-bond acceptors (Lipinski definition) is 4. The van der Waals surface area contributed by atoms with Gasteiger partial charge in [0.15, 0.2) is 0 Å². The van der Waals surface area contributed by atoms with E-state index in [1.165, 1.54) is 0 Å². The highest BCUT2D eigenvalue weighted by Gasteiger charge is 2.06. The second kappa shape index (κ2) is 6.38. The second-order valence-electron chi connectivity index (χ2n) is 4.31. The van der Waals surface area contributed by atoms with Gasteiger partial charge in [-0.1, -0.05) is 12.1 Å². The first-order valence-corrected chi connectivity index (χ1v) is 6.21. The summed E-state index contributed by atoms with van der Waals surface area (Å²) in [6, 6.07) is 9.45. The molecule has 1 heterocycles. The minimum absolute atomic E-state index is 0.133. The number of nitriles is 1. The number of carbonyl (C=O) groups is 1. The van der Waals surface area contributed by atoms with Crippen molar-refractivity contribution in [1.29, 1.82) is 5.26 Å². The molecule has 1 amide bonds. The van der Waals surface area contributed by atoms with Crippen molar-refractivity contribution in [1.82, 2.24) is 15.1 Å². The summed E-state index contributed by atoms with van der Waals surface area (Å²) in [4.78, 5) is 11.6. The molecule has 6 heteroatoms. The standard InChI is InChI=1S/C14H15N5O/c15-5-2-6-17-14(20)10-19-9-12(8-18-19)11-3-1-4-13(16)7-11/h1,3-4,7-9H,2,6,10,16H2,(H,17,20). The molecule has 0 aliphatic rings. The summed E-state index contributed by atoms with van der Waals surface area (Å²) in [6.07, 6.45) is 3.79. The molecular weight excluding hydrogens is 254 g/mol. The van der Waals surface area contributed by atoms with E-state index in [4.69, 9.17) is 11.0 Å². The zero-order valence-corrected chi connectivity index (χ0v) is 10.9. The predicted octanol–water partition coefficient (Wildman–Crippen LogP) is 1.16. The Labute approximate surface area is 116 Å². The van der Waals surface area contributed by atoms with Crippen molar-refractivity contribution in [2.75, 3.05) is 12.3 Å². The van der Waals surface area contributed by atoms with Gasteiger partial charge in [-0.3, -0.25) is 9.48 Å². The van der Waals surface area contributed by atoms with Crippen LogP contribution in [0.1, 0.15) is 6.42 Å². The molecule has 0 saturated carbocycles. The number of nitrogens with one attached hydrogen (secondary N) is 1. The number of rotatable bonds is 5. The number of amides is 1. The van der Waals surface area contributed by atoms with Crippen molar-refractivity contribution in [3.8, 4) is 17.2 Å². The van der Waals surface area contributed by atoms with Crippen molar-refractivity contribution in [3.63, 3.8) is 0 Å². The van der Waals surface area contributed by atoms with Crippen LogP contribution in [0.4, 0.5) is 5.69 Å². The molecule has 20 heavy (non-hydrogen) atoms. The van der Waals surface area contributed by atoms with E-state index in [1.807, 2.05) is 30.3 Å². The lowest BCUT2D eigenvalue weighted by molar-refractivity contribution is -0.121. The van der Waals surface area contributed by atoms with Crippen LogP contribution in [-0.2, 0) is 11.3 Å². The second-order valence-corrected chi connectivity index (χ2v) is 4.31. The molecule has 0 fully saturated rings. The number of hydrogen-bond donors (Lipinski definition) is 2. The summed E-state index contributed by atoms with van der Waals surface area (Å²) < 4.78 is 1.56. The fraction of sp³-hybridized carbons (Fsp3) is 0.214. The fourth-order valence-corrected chi connectivity index (χ4v) is 1.78. The maximum absolute atomic E-state index is 11.6. The molecule has 2 rings (SSSR count). The third-order valence-corrected chi connectivity index (χ3v) is 2.72. The number of aromatic nitrogens is 2. The highest BCUT2D eigenvalue weighted by molar-refractivity contribution is 5.76. The van der Waals surface area contributed by atoms with E-state index in [-0.39, 0.29) is 12.5 Å². The molecule has 1 aromatic heterocycles. The molecular formula is C14H15N5O. The molecule has 1 aromatic carbocycles. The third-order valence-electron chi connectivity index (χ3n) is 2.72. The van der Waals surface area contributed by atoms with Crippen LogP contribution >= 0.6 is 0 Å². The number of nitrogens with two attached hydrogens (primary N) is 1. The number of carbonyl (C=O) groups excluding carboxylic acids is 1. The predicted molar refractivity (Wildman–Crippen MR) is 75.3 cm³/mol. The zero-order valence-electron chi connectivity index (χ0n) is 10.9.